The van der Waals surface area contributed by atoms with Gasteiger partial charge in [-0.3, -0.25) is 18.8 Å². The van der Waals surface area contributed by atoms with Gasteiger partial charge < -0.3 is 19.7 Å². The lowest BCUT2D eigenvalue weighted by Crippen LogP contribution is -2.51. The van der Waals surface area contributed by atoms with Crippen LogP contribution in [0.1, 0.15) is 39.9 Å². The van der Waals surface area contributed by atoms with E-state index in [-0.39, 0.29) is 49.9 Å². The molecule has 1 fully saturated rings. The van der Waals surface area contributed by atoms with Crippen molar-refractivity contribution in [3.63, 3.8) is 0 Å². The number of anilines is 1. The fourth-order valence-corrected chi connectivity index (χ4v) is 5.86. The predicted molar refractivity (Wildman–Crippen MR) is 162 cm³/mol. The van der Waals surface area contributed by atoms with Crippen molar-refractivity contribution < 1.29 is 45.1 Å². The second-order valence-electron chi connectivity index (χ2n) is 11.4. The summed E-state index contributed by atoms with van der Waals surface area (Å²) in [4.78, 5) is 43.1. The van der Waals surface area contributed by atoms with Gasteiger partial charge in [-0.05, 0) is 36.8 Å². The molecule has 0 saturated carbocycles. The Morgan fingerprint density at radius 1 is 0.878 bits per heavy atom. The second-order valence-corrected chi connectivity index (χ2v) is 11.4. The number of hydrogen-bond donors (Lipinski definition) is 2. The Bertz CT molecular complexity index is 1930. The number of carbonyl (C=O) groups is 1. The number of carboxylic acid groups (broad SMARTS) is 1. The lowest BCUT2D eigenvalue weighted by Gasteiger charge is -2.36. The molecular formula is C32H30F7N5O5. The van der Waals surface area contributed by atoms with Crippen LogP contribution in [-0.2, 0) is 32.0 Å². The van der Waals surface area contributed by atoms with Crippen molar-refractivity contribution in [3.05, 3.63) is 121 Å². The van der Waals surface area contributed by atoms with Crippen LogP contribution in [0.5, 0.6) is 0 Å². The molecule has 1 amide bonds. The van der Waals surface area contributed by atoms with Crippen LogP contribution in [0.3, 0.4) is 0 Å². The quantitative estimate of drug-likeness (QED) is 0.223. The summed E-state index contributed by atoms with van der Waals surface area (Å²) < 4.78 is 102. The highest BCUT2D eigenvalue weighted by Gasteiger charge is 2.36. The van der Waals surface area contributed by atoms with Gasteiger partial charge in [0.15, 0.2) is 0 Å². The van der Waals surface area contributed by atoms with Crippen molar-refractivity contribution >= 4 is 11.8 Å². The number of furan rings is 1. The van der Waals surface area contributed by atoms with Gasteiger partial charge in [-0.1, -0.05) is 36.4 Å². The fourth-order valence-electron chi connectivity index (χ4n) is 5.86. The van der Waals surface area contributed by atoms with E-state index < -0.39 is 71.5 Å². The number of aromatic nitrogens is 2. The molecule has 0 radical (unpaired) electrons. The molecule has 3 heterocycles. The minimum Gasteiger partial charge on any atom is -0.465 e. The molecule has 0 aliphatic carbocycles. The Hall–Kier alpha value is -5.06. The minimum absolute atomic E-state index is 0.0275. The highest BCUT2D eigenvalue weighted by atomic mass is 19.4. The maximum atomic E-state index is 15.0. The first kappa shape index (κ1) is 35.3. The van der Waals surface area contributed by atoms with E-state index in [0.29, 0.717) is 16.2 Å². The molecule has 17 heteroatoms. The number of benzene rings is 2. The SMILES string of the molecule is Cc1c(N2CCN(Cc3ccc(C(F)(F)F)o3)CC2)c(=O)n(C[C@H](NC(=O)O)c2ccccc2)c(=O)n1Cc1c(F)cccc1C(F)(F)F. The van der Waals surface area contributed by atoms with E-state index in [9.17, 15) is 50.2 Å². The van der Waals surface area contributed by atoms with Gasteiger partial charge >= 0.3 is 24.1 Å². The first-order valence-corrected chi connectivity index (χ1v) is 14.9. The molecule has 1 saturated heterocycles. The Labute approximate surface area is 273 Å². The number of halogens is 7. The van der Waals surface area contributed by atoms with Gasteiger partial charge in [-0.2, -0.15) is 26.3 Å². The molecule has 49 heavy (non-hydrogen) atoms. The zero-order valence-electron chi connectivity index (χ0n) is 25.8. The Balaban J connectivity index is 1.55. The van der Waals surface area contributed by atoms with E-state index in [1.54, 1.807) is 40.1 Å². The Morgan fingerprint density at radius 3 is 2.14 bits per heavy atom. The number of rotatable bonds is 9. The van der Waals surface area contributed by atoms with Gasteiger partial charge in [-0.25, -0.2) is 14.0 Å². The largest absolute Gasteiger partial charge is 0.465 e. The molecule has 1 aliphatic heterocycles. The summed E-state index contributed by atoms with van der Waals surface area (Å²) >= 11 is 0. The van der Waals surface area contributed by atoms with Crippen molar-refractivity contribution in [2.75, 3.05) is 31.1 Å². The van der Waals surface area contributed by atoms with Gasteiger partial charge in [-0.15, -0.1) is 0 Å². The van der Waals surface area contributed by atoms with E-state index in [0.717, 1.165) is 22.8 Å². The molecule has 2 aromatic heterocycles. The third-order valence-electron chi connectivity index (χ3n) is 8.27. The number of piperazine rings is 1. The summed E-state index contributed by atoms with van der Waals surface area (Å²) in [7, 11) is 0. The van der Waals surface area contributed by atoms with Crippen molar-refractivity contribution in [2.45, 2.75) is 45.0 Å². The van der Waals surface area contributed by atoms with Crippen LogP contribution in [0.25, 0.3) is 0 Å². The molecule has 1 aliphatic rings. The zero-order valence-corrected chi connectivity index (χ0v) is 25.8. The summed E-state index contributed by atoms with van der Waals surface area (Å²) in [6.45, 7) is 0.590. The number of amides is 1. The molecule has 1 atom stereocenters. The predicted octanol–water partition coefficient (Wildman–Crippen LogP) is 5.47. The molecule has 262 valence electrons. The van der Waals surface area contributed by atoms with Crippen LogP contribution in [0.4, 0.5) is 41.2 Å². The van der Waals surface area contributed by atoms with Crippen LogP contribution in [0, 0.1) is 12.7 Å². The van der Waals surface area contributed by atoms with E-state index in [1.807, 2.05) is 0 Å². The number of nitrogens with zero attached hydrogens (tertiary/aromatic N) is 4. The second kappa shape index (κ2) is 13.8. The third-order valence-corrected chi connectivity index (χ3v) is 8.27. The smallest absolute Gasteiger partial charge is 0.449 e. The van der Waals surface area contributed by atoms with E-state index >= 15 is 0 Å². The van der Waals surface area contributed by atoms with Crippen molar-refractivity contribution in [1.29, 1.82) is 0 Å². The van der Waals surface area contributed by atoms with Gasteiger partial charge in [0.05, 0.1) is 31.2 Å². The summed E-state index contributed by atoms with van der Waals surface area (Å²) in [5.41, 5.74) is -3.84. The molecule has 10 nitrogen and oxygen atoms in total. The van der Waals surface area contributed by atoms with Gasteiger partial charge in [0.2, 0.25) is 5.76 Å². The Morgan fingerprint density at radius 2 is 1.55 bits per heavy atom. The third kappa shape index (κ3) is 7.82. The monoisotopic (exact) mass is 697 g/mol. The summed E-state index contributed by atoms with van der Waals surface area (Å²) in [5.74, 6) is -2.30. The molecule has 4 aromatic rings. The van der Waals surface area contributed by atoms with Crippen LogP contribution < -0.4 is 21.5 Å². The standard InChI is InChI=1S/C32H30F7N5O5/c1-19-27(42-14-12-41(13-15-42)16-21-10-11-26(49-21)32(37,38)39)28(45)44(18-25(40-29(46)47)20-6-3-2-4-7-20)30(48)43(19)17-22-23(31(34,35)36)8-5-9-24(22)33/h2-11,25,40H,12-18H2,1H3,(H,46,47)/t25-/m0/s1. The molecule has 0 spiro atoms. The van der Waals surface area contributed by atoms with Gasteiger partial charge in [0, 0.05) is 37.4 Å². The van der Waals surface area contributed by atoms with Gasteiger partial charge in [0.25, 0.3) is 5.56 Å². The average Bonchev–Trinajstić information content (AvgIpc) is 3.51. The average molecular weight is 698 g/mol. The van der Waals surface area contributed by atoms with Crippen LogP contribution >= 0.6 is 0 Å². The Kier molecular flexibility index (Phi) is 9.94. The summed E-state index contributed by atoms with van der Waals surface area (Å²) in [5, 5.41) is 11.8. The van der Waals surface area contributed by atoms with Crippen LogP contribution in [-0.4, -0.2) is 51.4 Å². The zero-order chi connectivity index (χ0) is 35.7. The van der Waals surface area contributed by atoms with Crippen molar-refractivity contribution in [3.8, 4) is 0 Å². The van der Waals surface area contributed by atoms with E-state index in [4.69, 9.17) is 4.42 Å². The lowest BCUT2D eigenvalue weighted by atomic mass is 10.1. The first-order chi connectivity index (χ1) is 23.0. The molecular weight excluding hydrogens is 667 g/mol. The fraction of sp³-hybridized carbons (Fsp3) is 0.344. The lowest BCUT2D eigenvalue weighted by molar-refractivity contribution is -0.153. The highest BCUT2D eigenvalue weighted by molar-refractivity contribution is 5.65. The van der Waals surface area contributed by atoms with E-state index in [2.05, 4.69) is 5.32 Å². The summed E-state index contributed by atoms with van der Waals surface area (Å²) in [6.07, 6.45) is -11.1. The molecule has 2 aromatic carbocycles. The number of alkyl halides is 6. The topological polar surface area (TPSA) is 113 Å². The highest BCUT2D eigenvalue weighted by Crippen LogP contribution is 2.34. The summed E-state index contributed by atoms with van der Waals surface area (Å²) in [6, 6.07) is 11.3. The molecule has 0 bridgehead atoms. The maximum Gasteiger partial charge on any atom is 0.449 e. The normalized spacial score (nSPS) is 15.0. The minimum atomic E-state index is -4.97. The van der Waals surface area contributed by atoms with Crippen LogP contribution in [0.15, 0.2) is 74.7 Å². The van der Waals surface area contributed by atoms with Gasteiger partial charge in [0.1, 0.15) is 17.3 Å². The van der Waals surface area contributed by atoms with Crippen molar-refractivity contribution in [2.24, 2.45) is 0 Å². The molecule has 5 rings (SSSR count). The van der Waals surface area contributed by atoms with Crippen LogP contribution in [0.2, 0.25) is 0 Å². The molecule has 0 unspecified atom stereocenters. The maximum absolute atomic E-state index is 15.0. The van der Waals surface area contributed by atoms with Crippen molar-refractivity contribution in [1.82, 2.24) is 19.4 Å². The number of nitrogens with one attached hydrogen (secondary N) is 1. The molecule has 2 N–H and O–H groups in total. The number of hydrogen-bond acceptors (Lipinski definition) is 6. The first-order valence-electron chi connectivity index (χ1n) is 14.9. The van der Waals surface area contributed by atoms with E-state index in [1.165, 1.54) is 13.0 Å².